The summed E-state index contributed by atoms with van der Waals surface area (Å²) in [5.41, 5.74) is 4.42. The zero-order chi connectivity index (χ0) is 30.5. The molecule has 0 unspecified atom stereocenters. The van der Waals surface area contributed by atoms with Crippen LogP contribution in [0, 0.1) is 5.82 Å². The molecule has 0 atom stereocenters. The fourth-order valence-electron chi connectivity index (χ4n) is 5.09. The maximum atomic E-state index is 14.0. The second-order valence-electron chi connectivity index (χ2n) is 10.9. The Hall–Kier alpha value is -4.54. The maximum absolute atomic E-state index is 14.0. The SMILES string of the molecule is CCC(=O)NCc1ccc(C(=Nc2ccc(N(C)C(=O)CN3CCN(C)CC3)cc2)c2c(O)[nH]c3cc(F)ccc23)cc1. The van der Waals surface area contributed by atoms with Gasteiger partial charge in [0, 0.05) is 62.8 Å². The molecule has 224 valence electrons. The number of fused-ring (bicyclic) bond motifs is 1. The molecule has 5 rings (SSSR count). The molecular formula is C33H37FN6O3. The van der Waals surface area contributed by atoms with Crippen LogP contribution in [0.3, 0.4) is 0 Å². The number of likely N-dealkylation sites (N-methyl/N-ethyl adjacent to an activating group) is 2. The highest BCUT2D eigenvalue weighted by Crippen LogP contribution is 2.32. The van der Waals surface area contributed by atoms with Crippen LogP contribution in [-0.4, -0.2) is 84.2 Å². The number of aliphatic imine (C=N–C) groups is 1. The Kier molecular flexibility index (Phi) is 9.18. The summed E-state index contributed by atoms with van der Waals surface area (Å²) in [4.78, 5) is 38.5. The van der Waals surface area contributed by atoms with Gasteiger partial charge in [0.25, 0.3) is 0 Å². The lowest BCUT2D eigenvalue weighted by Crippen LogP contribution is -2.48. The van der Waals surface area contributed by atoms with Gasteiger partial charge in [0.1, 0.15) is 5.82 Å². The maximum Gasteiger partial charge on any atom is 0.240 e. The molecule has 0 aliphatic carbocycles. The Labute approximate surface area is 250 Å². The Morgan fingerprint density at radius 2 is 1.72 bits per heavy atom. The van der Waals surface area contributed by atoms with Crippen molar-refractivity contribution in [2.24, 2.45) is 4.99 Å². The number of carbonyl (C=O) groups is 2. The summed E-state index contributed by atoms with van der Waals surface area (Å²) >= 11 is 0. The molecule has 43 heavy (non-hydrogen) atoms. The summed E-state index contributed by atoms with van der Waals surface area (Å²) < 4.78 is 14.0. The summed E-state index contributed by atoms with van der Waals surface area (Å²) in [7, 11) is 3.86. The van der Waals surface area contributed by atoms with Gasteiger partial charge >= 0.3 is 0 Å². The predicted molar refractivity (Wildman–Crippen MR) is 168 cm³/mol. The van der Waals surface area contributed by atoms with E-state index >= 15 is 0 Å². The summed E-state index contributed by atoms with van der Waals surface area (Å²) in [6.07, 6.45) is 0.411. The number of piperazine rings is 1. The van der Waals surface area contributed by atoms with Gasteiger partial charge in [0.15, 0.2) is 5.88 Å². The minimum atomic E-state index is -0.417. The molecule has 2 amide bonds. The van der Waals surface area contributed by atoms with E-state index in [0.717, 1.165) is 43.0 Å². The zero-order valence-electron chi connectivity index (χ0n) is 24.7. The predicted octanol–water partition coefficient (Wildman–Crippen LogP) is 4.42. The average molecular weight is 585 g/mol. The van der Waals surface area contributed by atoms with E-state index in [1.807, 2.05) is 48.5 Å². The first kappa shape index (κ1) is 29.9. The molecule has 0 spiro atoms. The van der Waals surface area contributed by atoms with Crippen molar-refractivity contribution >= 4 is 39.8 Å². The van der Waals surface area contributed by atoms with E-state index in [0.29, 0.717) is 47.4 Å². The van der Waals surface area contributed by atoms with Gasteiger partial charge in [-0.2, -0.15) is 0 Å². The lowest BCUT2D eigenvalue weighted by molar-refractivity contribution is -0.121. The van der Waals surface area contributed by atoms with Gasteiger partial charge in [-0.1, -0.05) is 31.2 Å². The Morgan fingerprint density at radius 3 is 2.40 bits per heavy atom. The third-order valence-corrected chi connectivity index (χ3v) is 7.82. The van der Waals surface area contributed by atoms with Crippen molar-refractivity contribution in [2.45, 2.75) is 19.9 Å². The van der Waals surface area contributed by atoms with Gasteiger partial charge < -0.3 is 25.2 Å². The second kappa shape index (κ2) is 13.2. The first-order chi connectivity index (χ1) is 20.7. The second-order valence-corrected chi connectivity index (χ2v) is 10.9. The van der Waals surface area contributed by atoms with Gasteiger partial charge in [0.2, 0.25) is 11.8 Å². The van der Waals surface area contributed by atoms with Crippen LogP contribution in [0.15, 0.2) is 71.7 Å². The van der Waals surface area contributed by atoms with E-state index in [4.69, 9.17) is 4.99 Å². The number of halogens is 1. The van der Waals surface area contributed by atoms with E-state index in [2.05, 4.69) is 27.1 Å². The van der Waals surface area contributed by atoms with E-state index < -0.39 is 5.82 Å². The average Bonchev–Trinajstić information content (AvgIpc) is 3.34. The lowest BCUT2D eigenvalue weighted by atomic mass is 9.99. The zero-order valence-corrected chi connectivity index (χ0v) is 24.7. The minimum Gasteiger partial charge on any atom is -0.494 e. The molecule has 4 aromatic rings. The lowest BCUT2D eigenvalue weighted by Gasteiger charge is -2.32. The number of aromatic amines is 1. The number of nitrogens with one attached hydrogen (secondary N) is 2. The molecule has 3 N–H and O–H groups in total. The van der Waals surface area contributed by atoms with Crippen LogP contribution in [0.2, 0.25) is 0 Å². The van der Waals surface area contributed by atoms with Crippen LogP contribution < -0.4 is 10.2 Å². The third-order valence-electron chi connectivity index (χ3n) is 7.82. The highest BCUT2D eigenvalue weighted by molar-refractivity contribution is 6.21. The Bertz CT molecular complexity index is 1620. The Balaban J connectivity index is 1.43. The van der Waals surface area contributed by atoms with E-state index in [9.17, 15) is 19.1 Å². The van der Waals surface area contributed by atoms with Crippen LogP contribution in [-0.2, 0) is 16.1 Å². The largest absolute Gasteiger partial charge is 0.494 e. The molecule has 1 saturated heterocycles. The van der Waals surface area contributed by atoms with Crippen molar-refractivity contribution in [1.29, 1.82) is 0 Å². The van der Waals surface area contributed by atoms with Crippen molar-refractivity contribution in [2.75, 3.05) is 51.7 Å². The quantitative estimate of drug-likeness (QED) is 0.253. The molecule has 1 aliphatic heterocycles. The molecular weight excluding hydrogens is 547 g/mol. The monoisotopic (exact) mass is 584 g/mol. The topological polar surface area (TPSA) is 104 Å². The highest BCUT2D eigenvalue weighted by atomic mass is 19.1. The molecule has 9 nitrogen and oxygen atoms in total. The summed E-state index contributed by atoms with van der Waals surface area (Å²) in [6, 6.07) is 19.2. The van der Waals surface area contributed by atoms with Crippen LogP contribution in [0.25, 0.3) is 10.9 Å². The highest BCUT2D eigenvalue weighted by Gasteiger charge is 2.21. The molecule has 0 saturated carbocycles. The van der Waals surface area contributed by atoms with E-state index in [1.54, 1.807) is 24.9 Å². The van der Waals surface area contributed by atoms with Crippen molar-refractivity contribution in [3.05, 3.63) is 89.2 Å². The van der Waals surface area contributed by atoms with E-state index in [1.165, 1.54) is 12.1 Å². The number of anilines is 1. The van der Waals surface area contributed by atoms with Crippen molar-refractivity contribution in [1.82, 2.24) is 20.1 Å². The van der Waals surface area contributed by atoms with Gasteiger partial charge in [-0.3, -0.25) is 14.5 Å². The van der Waals surface area contributed by atoms with Gasteiger partial charge in [-0.25, -0.2) is 9.38 Å². The molecule has 1 aliphatic rings. The van der Waals surface area contributed by atoms with Crippen molar-refractivity contribution in [3.8, 4) is 5.88 Å². The summed E-state index contributed by atoms with van der Waals surface area (Å²) in [5, 5.41) is 14.4. The van der Waals surface area contributed by atoms with Crippen molar-refractivity contribution in [3.63, 3.8) is 0 Å². The number of aromatic hydroxyl groups is 1. The standard InChI is InChI=1S/C33H37FN6O3/c1-4-29(41)35-20-22-5-7-23(8-6-22)32(31-27-14-9-24(34)19-28(27)37-33(31)43)36-25-10-12-26(13-11-25)39(3)30(42)21-40-17-15-38(2)16-18-40/h5-14,19,37,43H,4,15-18,20-21H2,1-3H3,(H,35,41). The normalized spacial score (nSPS) is 14.7. The van der Waals surface area contributed by atoms with Gasteiger partial charge in [-0.15, -0.1) is 0 Å². The number of carbonyl (C=O) groups excluding carboxylic acids is 2. The number of amides is 2. The number of hydrogen-bond acceptors (Lipinski definition) is 6. The number of nitrogens with zero attached hydrogens (tertiary/aromatic N) is 4. The van der Waals surface area contributed by atoms with Crippen molar-refractivity contribution < 1.29 is 19.1 Å². The van der Waals surface area contributed by atoms with Crippen LogP contribution in [0.4, 0.5) is 15.8 Å². The Morgan fingerprint density at radius 1 is 1.02 bits per heavy atom. The molecule has 3 aromatic carbocycles. The fourth-order valence-corrected chi connectivity index (χ4v) is 5.09. The van der Waals surface area contributed by atoms with Crippen LogP contribution in [0.5, 0.6) is 5.88 Å². The summed E-state index contributed by atoms with van der Waals surface area (Å²) in [6.45, 7) is 6.21. The van der Waals surface area contributed by atoms with Crippen LogP contribution in [0.1, 0.15) is 30.0 Å². The van der Waals surface area contributed by atoms with Gasteiger partial charge in [-0.05, 0) is 55.1 Å². The molecule has 1 fully saturated rings. The molecule has 0 bridgehead atoms. The number of rotatable bonds is 9. The third kappa shape index (κ3) is 7.10. The van der Waals surface area contributed by atoms with Crippen LogP contribution >= 0.6 is 0 Å². The first-order valence-electron chi connectivity index (χ1n) is 14.4. The van der Waals surface area contributed by atoms with Gasteiger partial charge in [0.05, 0.1) is 29.0 Å². The number of H-pyrrole nitrogens is 1. The number of hydrogen-bond donors (Lipinski definition) is 3. The smallest absolute Gasteiger partial charge is 0.240 e. The molecule has 10 heteroatoms. The minimum absolute atomic E-state index is 0.0210. The van der Waals surface area contributed by atoms with E-state index in [-0.39, 0.29) is 17.7 Å². The molecule has 1 aromatic heterocycles. The molecule has 0 radical (unpaired) electrons. The first-order valence-corrected chi connectivity index (χ1v) is 14.4. The number of benzene rings is 3. The molecule has 2 heterocycles. The summed E-state index contributed by atoms with van der Waals surface area (Å²) in [5.74, 6) is -0.548. The fraction of sp³-hybridized carbons (Fsp3) is 0.303. The number of aromatic nitrogens is 1.